The molecule has 0 aromatic heterocycles. The van der Waals surface area contributed by atoms with Gasteiger partial charge < -0.3 is 9.84 Å². The van der Waals surface area contributed by atoms with E-state index in [1.54, 1.807) is 24.3 Å². The van der Waals surface area contributed by atoms with Gasteiger partial charge in [0, 0.05) is 12.3 Å². The minimum absolute atomic E-state index is 0.0636. The number of benzene rings is 1. The maximum atomic E-state index is 11.2. The van der Waals surface area contributed by atoms with Gasteiger partial charge in [0.05, 0.1) is 12.2 Å². The van der Waals surface area contributed by atoms with Crippen molar-refractivity contribution in [3.8, 4) is 0 Å². The molecular formula is C14H18O4. The summed E-state index contributed by atoms with van der Waals surface area (Å²) < 4.78 is 5.12. The highest BCUT2D eigenvalue weighted by Gasteiger charge is 2.10. The van der Waals surface area contributed by atoms with Crippen molar-refractivity contribution in [1.29, 1.82) is 0 Å². The SMILES string of the molecule is CCCC(=O)OCC(C)c1ccc(C(=O)O)cc1. The summed E-state index contributed by atoms with van der Waals surface area (Å²) in [7, 11) is 0. The highest BCUT2D eigenvalue weighted by atomic mass is 16.5. The van der Waals surface area contributed by atoms with Crippen molar-refractivity contribution in [2.24, 2.45) is 0 Å². The molecule has 0 aliphatic rings. The summed E-state index contributed by atoms with van der Waals surface area (Å²) in [5, 5.41) is 8.78. The Morgan fingerprint density at radius 1 is 1.28 bits per heavy atom. The largest absolute Gasteiger partial charge is 0.478 e. The van der Waals surface area contributed by atoms with Crippen LogP contribution in [0.2, 0.25) is 0 Å². The Kier molecular flexibility index (Phi) is 5.36. The second-order valence-electron chi connectivity index (χ2n) is 4.26. The van der Waals surface area contributed by atoms with Crippen LogP contribution in [-0.4, -0.2) is 23.7 Å². The molecule has 0 heterocycles. The standard InChI is InChI=1S/C14H18O4/c1-3-4-13(15)18-9-10(2)11-5-7-12(8-6-11)14(16)17/h5-8,10H,3-4,9H2,1-2H3,(H,16,17). The van der Waals surface area contributed by atoms with Gasteiger partial charge in [0.1, 0.15) is 0 Å². The number of hydrogen-bond acceptors (Lipinski definition) is 3. The fourth-order valence-corrected chi connectivity index (χ4v) is 1.54. The Bertz CT molecular complexity index is 408. The summed E-state index contributed by atoms with van der Waals surface area (Å²) in [4.78, 5) is 21.9. The van der Waals surface area contributed by atoms with Crippen LogP contribution in [0.15, 0.2) is 24.3 Å². The van der Waals surface area contributed by atoms with Crippen LogP contribution in [0.25, 0.3) is 0 Å². The van der Waals surface area contributed by atoms with Crippen LogP contribution < -0.4 is 0 Å². The molecule has 1 aromatic rings. The zero-order chi connectivity index (χ0) is 13.5. The number of esters is 1. The maximum Gasteiger partial charge on any atom is 0.335 e. The van der Waals surface area contributed by atoms with Crippen molar-refractivity contribution < 1.29 is 19.4 Å². The predicted molar refractivity (Wildman–Crippen MR) is 67.7 cm³/mol. The van der Waals surface area contributed by atoms with Crippen LogP contribution in [0.3, 0.4) is 0 Å². The van der Waals surface area contributed by atoms with Gasteiger partial charge in [-0.15, -0.1) is 0 Å². The van der Waals surface area contributed by atoms with Gasteiger partial charge in [-0.05, 0) is 24.1 Å². The van der Waals surface area contributed by atoms with Crippen LogP contribution in [0.4, 0.5) is 0 Å². The number of ether oxygens (including phenoxy) is 1. The average molecular weight is 250 g/mol. The van der Waals surface area contributed by atoms with Gasteiger partial charge >= 0.3 is 11.9 Å². The number of carboxylic acid groups (broad SMARTS) is 1. The normalized spacial score (nSPS) is 11.9. The molecule has 0 amide bonds. The zero-order valence-electron chi connectivity index (χ0n) is 10.7. The van der Waals surface area contributed by atoms with Gasteiger partial charge in [-0.3, -0.25) is 4.79 Å². The fourth-order valence-electron chi connectivity index (χ4n) is 1.54. The van der Waals surface area contributed by atoms with Crippen molar-refractivity contribution in [1.82, 2.24) is 0 Å². The van der Waals surface area contributed by atoms with Crippen LogP contribution >= 0.6 is 0 Å². The van der Waals surface area contributed by atoms with Gasteiger partial charge in [0.15, 0.2) is 0 Å². The summed E-state index contributed by atoms with van der Waals surface area (Å²) in [5.41, 5.74) is 1.22. The van der Waals surface area contributed by atoms with Gasteiger partial charge in [-0.1, -0.05) is 26.0 Å². The molecule has 0 bridgehead atoms. The smallest absolute Gasteiger partial charge is 0.335 e. The van der Waals surface area contributed by atoms with Crippen LogP contribution in [0, 0.1) is 0 Å². The summed E-state index contributed by atoms with van der Waals surface area (Å²) in [5.74, 6) is -1.07. The lowest BCUT2D eigenvalue weighted by molar-refractivity contribution is -0.144. The summed E-state index contributed by atoms with van der Waals surface area (Å²) in [6.07, 6.45) is 1.21. The summed E-state index contributed by atoms with van der Waals surface area (Å²) in [6.45, 7) is 4.19. The molecule has 18 heavy (non-hydrogen) atoms. The first-order valence-electron chi connectivity index (χ1n) is 6.03. The molecule has 4 nitrogen and oxygen atoms in total. The Hall–Kier alpha value is -1.84. The van der Waals surface area contributed by atoms with Crippen molar-refractivity contribution in [3.63, 3.8) is 0 Å². The van der Waals surface area contributed by atoms with E-state index in [0.29, 0.717) is 13.0 Å². The number of carbonyl (C=O) groups is 2. The Balaban J connectivity index is 2.53. The molecular weight excluding hydrogens is 232 g/mol. The lowest BCUT2D eigenvalue weighted by atomic mass is 10.0. The Morgan fingerprint density at radius 2 is 1.89 bits per heavy atom. The first-order chi connectivity index (χ1) is 8.54. The van der Waals surface area contributed by atoms with E-state index in [1.165, 1.54) is 0 Å². The lowest BCUT2D eigenvalue weighted by Gasteiger charge is -2.12. The molecule has 1 aromatic carbocycles. The van der Waals surface area contributed by atoms with Crippen molar-refractivity contribution in [3.05, 3.63) is 35.4 Å². The first-order valence-corrected chi connectivity index (χ1v) is 6.03. The number of carbonyl (C=O) groups excluding carboxylic acids is 1. The molecule has 98 valence electrons. The summed E-state index contributed by atoms with van der Waals surface area (Å²) in [6, 6.07) is 6.62. The zero-order valence-corrected chi connectivity index (χ0v) is 10.7. The molecule has 1 unspecified atom stereocenters. The molecule has 0 aliphatic carbocycles. The molecule has 4 heteroatoms. The first kappa shape index (κ1) is 14.2. The van der Waals surface area contributed by atoms with Gasteiger partial charge in [-0.25, -0.2) is 4.79 Å². The van der Waals surface area contributed by atoms with E-state index in [2.05, 4.69) is 0 Å². The molecule has 0 saturated carbocycles. The number of aromatic carboxylic acids is 1. The van der Waals surface area contributed by atoms with Gasteiger partial charge in [-0.2, -0.15) is 0 Å². The third-order valence-corrected chi connectivity index (χ3v) is 2.68. The van der Waals surface area contributed by atoms with E-state index in [9.17, 15) is 9.59 Å². The molecule has 0 aliphatic heterocycles. The highest BCUT2D eigenvalue weighted by molar-refractivity contribution is 5.87. The Morgan fingerprint density at radius 3 is 2.39 bits per heavy atom. The van der Waals surface area contributed by atoms with Crippen molar-refractivity contribution in [2.75, 3.05) is 6.61 Å². The highest BCUT2D eigenvalue weighted by Crippen LogP contribution is 2.16. The monoisotopic (exact) mass is 250 g/mol. The molecule has 0 radical (unpaired) electrons. The van der Waals surface area contributed by atoms with Crippen LogP contribution in [0.5, 0.6) is 0 Å². The quantitative estimate of drug-likeness (QED) is 0.788. The van der Waals surface area contributed by atoms with E-state index in [-0.39, 0.29) is 17.5 Å². The minimum Gasteiger partial charge on any atom is -0.478 e. The molecule has 1 rings (SSSR count). The number of rotatable bonds is 6. The van der Waals surface area contributed by atoms with E-state index in [1.807, 2.05) is 13.8 Å². The van der Waals surface area contributed by atoms with Crippen LogP contribution in [-0.2, 0) is 9.53 Å². The molecule has 1 atom stereocenters. The van der Waals surface area contributed by atoms with Crippen molar-refractivity contribution >= 4 is 11.9 Å². The van der Waals surface area contributed by atoms with Crippen LogP contribution in [0.1, 0.15) is 48.5 Å². The van der Waals surface area contributed by atoms with E-state index in [0.717, 1.165) is 12.0 Å². The third kappa shape index (κ3) is 4.20. The average Bonchev–Trinajstić information content (AvgIpc) is 2.36. The predicted octanol–water partition coefficient (Wildman–Crippen LogP) is 2.83. The molecule has 1 N–H and O–H groups in total. The minimum atomic E-state index is -0.941. The van der Waals surface area contributed by atoms with Gasteiger partial charge in [0.2, 0.25) is 0 Å². The molecule has 0 fully saturated rings. The number of hydrogen-bond donors (Lipinski definition) is 1. The topological polar surface area (TPSA) is 63.6 Å². The second kappa shape index (κ2) is 6.79. The van der Waals surface area contributed by atoms with Crippen molar-refractivity contribution in [2.45, 2.75) is 32.6 Å². The third-order valence-electron chi connectivity index (χ3n) is 2.68. The van der Waals surface area contributed by atoms with Gasteiger partial charge in [0.25, 0.3) is 0 Å². The lowest BCUT2D eigenvalue weighted by Crippen LogP contribution is -2.10. The van der Waals surface area contributed by atoms with E-state index >= 15 is 0 Å². The summed E-state index contributed by atoms with van der Waals surface area (Å²) >= 11 is 0. The molecule has 0 saturated heterocycles. The van der Waals surface area contributed by atoms with E-state index < -0.39 is 5.97 Å². The Labute approximate surface area is 107 Å². The number of carboxylic acids is 1. The molecule has 0 spiro atoms. The van der Waals surface area contributed by atoms with E-state index in [4.69, 9.17) is 9.84 Å². The second-order valence-corrected chi connectivity index (χ2v) is 4.26. The fraction of sp³-hybridized carbons (Fsp3) is 0.429. The maximum absolute atomic E-state index is 11.2.